The number of nitrogens with zero attached hydrogens (tertiary/aromatic N) is 1. The molecular weight excluding hydrogens is 358 g/mol. The summed E-state index contributed by atoms with van der Waals surface area (Å²) in [6.07, 6.45) is 2.79. The van der Waals surface area contributed by atoms with E-state index < -0.39 is 10.8 Å². The van der Waals surface area contributed by atoms with E-state index in [1.165, 1.54) is 36.4 Å². The van der Waals surface area contributed by atoms with Crippen LogP contribution in [-0.4, -0.2) is 23.3 Å². The van der Waals surface area contributed by atoms with Crippen molar-refractivity contribution in [3.05, 3.63) is 88.5 Å². The zero-order chi connectivity index (χ0) is 19.9. The Morgan fingerprint density at radius 2 is 1.68 bits per heavy atom. The quantitative estimate of drug-likeness (QED) is 0.391. The van der Waals surface area contributed by atoms with Crippen LogP contribution in [0.2, 0.25) is 0 Å². The molecule has 0 saturated heterocycles. The summed E-state index contributed by atoms with van der Waals surface area (Å²) in [7, 11) is 0. The molecule has 7 nitrogen and oxygen atoms in total. The van der Waals surface area contributed by atoms with Gasteiger partial charge in [-0.25, -0.2) is 0 Å². The van der Waals surface area contributed by atoms with E-state index >= 15 is 0 Å². The van der Waals surface area contributed by atoms with Gasteiger partial charge < -0.3 is 10.6 Å². The highest BCUT2D eigenvalue weighted by Gasteiger charge is 2.07. The standard InChI is InChI=1S/C21H17N3O4/c25-20(13-10-15-8-11-17(12-9-15)24(27)28)22-14-21(26)23-19-7-3-5-16-4-1-2-6-18(16)19/h1-13H,14H2,(H,22,25)(H,23,26)/b13-10+. The van der Waals surface area contributed by atoms with E-state index in [4.69, 9.17) is 0 Å². The van der Waals surface area contributed by atoms with Crippen molar-refractivity contribution in [3.63, 3.8) is 0 Å². The topological polar surface area (TPSA) is 101 Å². The first-order valence-electron chi connectivity index (χ1n) is 8.51. The Morgan fingerprint density at radius 3 is 2.43 bits per heavy atom. The van der Waals surface area contributed by atoms with Gasteiger partial charge in [0.15, 0.2) is 0 Å². The molecule has 0 atom stereocenters. The van der Waals surface area contributed by atoms with Crippen molar-refractivity contribution in [1.82, 2.24) is 5.32 Å². The third-order valence-corrected chi connectivity index (χ3v) is 4.02. The van der Waals surface area contributed by atoms with Crippen LogP contribution in [0.4, 0.5) is 11.4 Å². The van der Waals surface area contributed by atoms with Crippen LogP contribution < -0.4 is 10.6 Å². The van der Waals surface area contributed by atoms with Crippen LogP contribution in [0, 0.1) is 10.1 Å². The Kier molecular flexibility index (Phi) is 5.76. The number of fused-ring (bicyclic) bond motifs is 1. The molecule has 3 rings (SSSR count). The minimum Gasteiger partial charge on any atom is -0.343 e. The first kappa shape index (κ1) is 18.8. The first-order valence-corrected chi connectivity index (χ1v) is 8.51. The molecule has 140 valence electrons. The van der Waals surface area contributed by atoms with Crippen molar-refractivity contribution in [1.29, 1.82) is 0 Å². The van der Waals surface area contributed by atoms with Crippen LogP contribution in [0.15, 0.2) is 72.8 Å². The second-order valence-electron chi connectivity index (χ2n) is 5.97. The molecule has 0 unspecified atom stereocenters. The Balaban J connectivity index is 1.54. The van der Waals surface area contributed by atoms with Crippen molar-refractivity contribution in [2.45, 2.75) is 0 Å². The number of hydrogen-bond acceptors (Lipinski definition) is 4. The van der Waals surface area contributed by atoms with Gasteiger partial charge in [-0.1, -0.05) is 36.4 Å². The van der Waals surface area contributed by atoms with Gasteiger partial charge in [0, 0.05) is 29.3 Å². The minimum absolute atomic E-state index is 0.0216. The smallest absolute Gasteiger partial charge is 0.269 e. The van der Waals surface area contributed by atoms with Crippen LogP contribution in [0.3, 0.4) is 0 Å². The minimum atomic E-state index is -0.491. The molecule has 0 radical (unpaired) electrons. The Bertz CT molecular complexity index is 1050. The zero-order valence-corrected chi connectivity index (χ0v) is 14.8. The number of anilines is 1. The van der Waals surface area contributed by atoms with Crippen molar-refractivity contribution in [2.24, 2.45) is 0 Å². The predicted octanol–water partition coefficient (Wildman–Crippen LogP) is 3.52. The van der Waals surface area contributed by atoms with Crippen LogP contribution in [0.1, 0.15) is 5.56 Å². The fourth-order valence-corrected chi connectivity index (χ4v) is 2.63. The third-order valence-electron chi connectivity index (χ3n) is 4.02. The second kappa shape index (κ2) is 8.59. The number of benzene rings is 3. The fraction of sp³-hybridized carbons (Fsp3) is 0.0476. The van der Waals surface area contributed by atoms with E-state index in [0.717, 1.165) is 10.8 Å². The summed E-state index contributed by atoms with van der Waals surface area (Å²) in [5.41, 5.74) is 1.30. The van der Waals surface area contributed by atoms with Crippen LogP contribution in [0.25, 0.3) is 16.8 Å². The predicted molar refractivity (Wildman–Crippen MR) is 108 cm³/mol. The molecule has 0 bridgehead atoms. The van der Waals surface area contributed by atoms with Crippen molar-refractivity contribution in [2.75, 3.05) is 11.9 Å². The number of carbonyl (C=O) groups is 2. The van der Waals surface area contributed by atoms with Gasteiger partial charge in [0.1, 0.15) is 0 Å². The molecule has 3 aromatic rings. The zero-order valence-electron chi connectivity index (χ0n) is 14.8. The van der Waals surface area contributed by atoms with E-state index in [-0.39, 0.29) is 18.1 Å². The summed E-state index contributed by atoms with van der Waals surface area (Å²) in [6.45, 7) is -0.174. The monoisotopic (exact) mass is 375 g/mol. The lowest BCUT2D eigenvalue weighted by Gasteiger charge is -2.09. The molecule has 0 aliphatic heterocycles. The highest BCUT2D eigenvalue weighted by Crippen LogP contribution is 2.22. The number of carbonyl (C=O) groups excluding carboxylic acids is 2. The fourth-order valence-electron chi connectivity index (χ4n) is 2.63. The van der Waals surface area contributed by atoms with Gasteiger partial charge in [-0.3, -0.25) is 19.7 Å². The summed E-state index contributed by atoms with van der Waals surface area (Å²) in [4.78, 5) is 34.1. The van der Waals surface area contributed by atoms with E-state index in [9.17, 15) is 19.7 Å². The van der Waals surface area contributed by atoms with Crippen LogP contribution in [-0.2, 0) is 9.59 Å². The molecular formula is C21H17N3O4. The van der Waals surface area contributed by atoms with E-state index in [2.05, 4.69) is 10.6 Å². The average molecular weight is 375 g/mol. The van der Waals surface area contributed by atoms with Crippen LogP contribution in [0.5, 0.6) is 0 Å². The van der Waals surface area contributed by atoms with Gasteiger partial charge in [-0.15, -0.1) is 0 Å². The summed E-state index contributed by atoms with van der Waals surface area (Å²) < 4.78 is 0. The maximum Gasteiger partial charge on any atom is 0.269 e. The molecule has 0 spiro atoms. The molecule has 2 N–H and O–H groups in total. The van der Waals surface area contributed by atoms with E-state index in [1.807, 2.05) is 36.4 Å². The molecule has 0 heterocycles. The Labute approximate surface area is 160 Å². The molecule has 0 aliphatic carbocycles. The first-order chi connectivity index (χ1) is 13.5. The summed E-state index contributed by atoms with van der Waals surface area (Å²) in [5, 5.41) is 17.8. The van der Waals surface area contributed by atoms with Gasteiger partial charge in [0.25, 0.3) is 5.69 Å². The van der Waals surface area contributed by atoms with Gasteiger partial charge >= 0.3 is 0 Å². The maximum atomic E-state index is 12.1. The molecule has 7 heteroatoms. The normalized spacial score (nSPS) is 10.7. The van der Waals surface area contributed by atoms with Gasteiger partial charge in [-0.05, 0) is 35.2 Å². The average Bonchev–Trinajstić information content (AvgIpc) is 2.71. The van der Waals surface area contributed by atoms with Crippen molar-refractivity contribution < 1.29 is 14.5 Å². The maximum absolute atomic E-state index is 12.1. The molecule has 28 heavy (non-hydrogen) atoms. The van der Waals surface area contributed by atoms with Crippen LogP contribution >= 0.6 is 0 Å². The molecule has 2 amide bonds. The molecule has 0 fully saturated rings. The summed E-state index contributed by atoms with van der Waals surface area (Å²) >= 11 is 0. The van der Waals surface area contributed by atoms with E-state index in [1.54, 1.807) is 6.07 Å². The molecule has 0 saturated carbocycles. The number of nitrogens with one attached hydrogen (secondary N) is 2. The Hall–Kier alpha value is -4.00. The number of nitro benzene ring substituents is 1. The third kappa shape index (κ3) is 4.79. The highest BCUT2D eigenvalue weighted by atomic mass is 16.6. The van der Waals surface area contributed by atoms with E-state index in [0.29, 0.717) is 11.3 Å². The largest absolute Gasteiger partial charge is 0.343 e. The lowest BCUT2D eigenvalue weighted by Crippen LogP contribution is -2.31. The number of hydrogen-bond donors (Lipinski definition) is 2. The molecule has 3 aromatic carbocycles. The number of rotatable bonds is 6. The lowest BCUT2D eigenvalue weighted by atomic mass is 10.1. The van der Waals surface area contributed by atoms with Crippen molar-refractivity contribution >= 4 is 40.0 Å². The Morgan fingerprint density at radius 1 is 0.964 bits per heavy atom. The lowest BCUT2D eigenvalue weighted by molar-refractivity contribution is -0.384. The van der Waals surface area contributed by atoms with Crippen molar-refractivity contribution in [3.8, 4) is 0 Å². The summed E-state index contributed by atoms with van der Waals surface area (Å²) in [5.74, 6) is -0.778. The SMILES string of the molecule is O=C(/C=C/c1ccc([N+](=O)[O-])cc1)NCC(=O)Nc1cccc2ccccc12. The number of non-ortho nitro benzene ring substituents is 1. The number of nitro groups is 1. The van der Waals surface area contributed by atoms with Gasteiger partial charge in [-0.2, -0.15) is 0 Å². The molecule has 0 aromatic heterocycles. The van der Waals surface area contributed by atoms with Gasteiger partial charge in [0.05, 0.1) is 11.5 Å². The highest BCUT2D eigenvalue weighted by molar-refractivity contribution is 6.04. The summed E-state index contributed by atoms with van der Waals surface area (Å²) in [6, 6.07) is 19.1. The molecule has 0 aliphatic rings. The second-order valence-corrected chi connectivity index (χ2v) is 5.97. The number of amides is 2. The van der Waals surface area contributed by atoms with Gasteiger partial charge in [0.2, 0.25) is 11.8 Å².